The van der Waals surface area contributed by atoms with Gasteiger partial charge < -0.3 is 20.1 Å². The van der Waals surface area contributed by atoms with Gasteiger partial charge in [-0.2, -0.15) is 0 Å². The summed E-state index contributed by atoms with van der Waals surface area (Å²) in [5.41, 5.74) is 0.720. The molecular weight excluding hydrogens is 544 g/mol. The lowest BCUT2D eigenvalue weighted by atomic mass is 10.2. The van der Waals surface area contributed by atoms with Crippen LogP contribution < -0.4 is 10.1 Å². The molecule has 1 atom stereocenters. The summed E-state index contributed by atoms with van der Waals surface area (Å²) < 4.78 is 43.6. The van der Waals surface area contributed by atoms with E-state index in [-0.39, 0.29) is 40.5 Å². The van der Waals surface area contributed by atoms with Crippen LogP contribution >= 0.6 is 35.3 Å². The van der Waals surface area contributed by atoms with Gasteiger partial charge in [-0.05, 0) is 36.1 Å². The van der Waals surface area contributed by atoms with E-state index in [1.807, 2.05) is 6.92 Å². The van der Waals surface area contributed by atoms with E-state index in [2.05, 4.69) is 10.3 Å². The molecule has 0 aliphatic rings. The second-order valence-electron chi connectivity index (χ2n) is 6.39. The Morgan fingerprint density at radius 3 is 2.70 bits per heavy atom. The number of halogens is 2. The maximum atomic E-state index is 13.9. The Balaban J connectivity index is 0.00000450. The highest BCUT2D eigenvalue weighted by molar-refractivity contribution is 14.0. The van der Waals surface area contributed by atoms with Crippen molar-refractivity contribution in [3.63, 3.8) is 0 Å². The van der Waals surface area contributed by atoms with Crippen molar-refractivity contribution in [3.8, 4) is 5.75 Å². The molecule has 2 aromatic rings. The average Bonchev–Trinajstić information content (AvgIpc) is 3.20. The summed E-state index contributed by atoms with van der Waals surface area (Å²) in [6.07, 6.45) is -1.14. The van der Waals surface area contributed by atoms with Gasteiger partial charge in [0.05, 0.1) is 25.5 Å². The molecule has 0 spiro atoms. The number of ether oxygens (including phenoxy) is 1. The molecule has 2 rings (SSSR count). The Labute approximate surface area is 197 Å². The van der Waals surface area contributed by atoms with Crippen LogP contribution in [-0.4, -0.2) is 63.5 Å². The fraction of sp³-hybridized carbons (Fsp3) is 0.421. The zero-order valence-corrected chi connectivity index (χ0v) is 21.0. The summed E-state index contributed by atoms with van der Waals surface area (Å²) >= 11 is 1.12. The topological polar surface area (TPSA) is 91.2 Å². The van der Waals surface area contributed by atoms with E-state index in [9.17, 15) is 17.9 Å². The lowest BCUT2D eigenvalue weighted by Gasteiger charge is -2.23. The van der Waals surface area contributed by atoms with Crippen molar-refractivity contribution >= 4 is 51.1 Å². The van der Waals surface area contributed by atoms with Crippen LogP contribution in [0.3, 0.4) is 0 Å². The summed E-state index contributed by atoms with van der Waals surface area (Å²) in [5, 5.41) is 14.9. The molecule has 0 fully saturated rings. The monoisotopic (exact) mass is 571 g/mol. The first-order chi connectivity index (χ1) is 13.8. The molecule has 0 aliphatic heterocycles. The van der Waals surface area contributed by atoms with E-state index < -0.39 is 27.5 Å². The van der Waals surface area contributed by atoms with Crippen LogP contribution in [0.2, 0.25) is 0 Å². The smallest absolute Gasteiger partial charge is 0.194 e. The van der Waals surface area contributed by atoms with Gasteiger partial charge in [0.2, 0.25) is 0 Å². The van der Waals surface area contributed by atoms with E-state index >= 15 is 0 Å². The fourth-order valence-corrected chi connectivity index (χ4v) is 5.11. The maximum absolute atomic E-state index is 13.9. The molecule has 168 valence electrons. The zero-order chi connectivity index (χ0) is 21.4. The van der Waals surface area contributed by atoms with Gasteiger partial charge in [0.1, 0.15) is 4.21 Å². The van der Waals surface area contributed by atoms with Crippen molar-refractivity contribution in [2.45, 2.75) is 23.8 Å². The molecule has 1 aromatic heterocycles. The molecule has 11 heteroatoms. The van der Waals surface area contributed by atoms with Gasteiger partial charge in [0.25, 0.3) is 0 Å². The molecule has 1 heterocycles. The normalized spacial score (nSPS) is 12.8. The number of rotatable bonds is 9. The largest absolute Gasteiger partial charge is 0.494 e. The third kappa shape index (κ3) is 7.67. The van der Waals surface area contributed by atoms with Crippen molar-refractivity contribution in [3.05, 3.63) is 47.1 Å². The molecule has 1 aromatic carbocycles. The van der Waals surface area contributed by atoms with E-state index in [4.69, 9.17) is 4.74 Å². The number of methoxy groups -OCH3 is 1. The van der Waals surface area contributed by atoms with Crippen LogP contribution in [0, 0.1) is 5.82 Å². The Kier molecular flexibility index (Phi) is 11.0. The van der Waals surface area contributed by atoms with Crippen molar-refractivity contribution in [2.75, 3.05) is 33.0 Å². The molecule has 0 bridgehead atoms. The van der Waals surface area contributed by atoms with Gasteiger partial charge in [-0.15, -0.1) is 35.3 Å². The highest BCUT2D eigenvalue weighted by Gasteiger charge is 2.21. The van der Waals surface area contributed by atoms with Crippen LogP contribution in [-0.2, 0) is 16.4 Å². The number of nitrogens with one attached hydrogen (secondary N) is 1. The number of aliphatic hydroxyl groups is 1. The molecule has 2 N–H and O–H groups in total. The fourth-order valence-electron chi connectivity index (χ4n) is 2.65. The third-order valence-corrected chi connectivity index (χ3v) is 7.28. The predicted molar refractivity (Wildman–Crippen MR) is 128 cm³/mol. The quantitative estimate of drug-likeness (QED) is 0.274. The number of guanidine groups is 1. The number of thiophene rings is 1. The van der Waals surface area contributed by atoms with Crippen LogP contribution in [0.25, 0.3) is 0 Å². The predicted octanol–water partition coefficient (Wildman–Crippen LogP) is 2.75. The van der Waals surface area contributed by atoms with Crippen molar-refractivity contribution < 1.29 is 22.7 Å². The van der Waals surface area contributed by atoms with Crippen LogP contribution in [0.15, 0.2) is 44.9 Å². The highest BCUT2D eigenvalue weighted by Crippen LogP contribution is 2.19. The molecule has 30 heavy (non-hydrogen) atoms. The van der Waals surface area contributed by atoms with Gasteiger partial charge in [-0.3, -0.25) is 4.99 Å². The van der Waals surface area contributed by atoms with Crippen LogP contribution in [0.5, 0.6) is 5.75 Å². The number of nitrogens with zero attached hydrogens (tertiary/aromatic N) is 2. The first kappa shape index (κ1) is 26.6. The van der Waals surface area contributed by atoms with Crippen LogP contribution in [0.1, 0.15) is 12.5 Å². The molecule has 0 amide bonds. The van der Waals surface area contributed by atoms with Gasteiger partial charge in [0, 0.05) is 20.1 Å². The van der Waals surface area contributed by atoms with Crippen molar-refractivity contribution in [1.82, 2.24) is 10.2 Å². The minimum Gasteiger partial charge on any atom is -0.494 e. The lowest BCUT2D eigenvalue weighted by Crippen LogP contribution is -2.39. The molecular formula is C19H27FIN3O4S2. The SMILES string of the molecule is CCNC(=NCC(O)CS(=O)(=O)c1cccs1)N(C)Cc1ccc(OC)c(F)c1.I. The molecule has 0 aliphatic carbocycles. The first-order valence-corrected chi connectivity index (χ1v) is 11.6. The number of hydrogen-bond donors (Lipinski definition) is 2. The standard InChI is InChI=1S/C19H26FN3O4S2.HI/c1-4-21-19(23(2)12-14-7-8-17(27-3)16(20)10-14)22-11-15(24)13-29(25,26)18-6-5-9-28-18;/h5-10,15,24H,4,11-13H2,1-3H3,(H,21,22);1H. The summed E-state index contributed by atoms with van der Waals surface area (Å²) in [6, 6.07) is 7.87. The van der Waals surface area contributed by atoms with Gasteiger partial charge >= 0.3 is 0 Å². The van der Waals surface area contributed by atoms with Gasteiger partial charge in [-0.1, -0.05) is 12.1 Å². The zero-order valence-electron chi connectivity index (χ0n) is 17.0. The van der Waals surface area contributed by atoms with E-state index in [1.165, 1.54) is 19.2 Å². The van der Waals surface area contributed by atoms with E-state index in [0.29, 0.717) is 19.0 Å². The number of hydrogen-bond acceptors (Lipinski definition) is 6. The highest BCUT2D eigenvalue weighted by atomic mass is 127. The first-order valence-electron chi connectivity index (χ1n) is 9.03. The van der Waals surface area contributed by atoms with Gasteiger partial charge in [-0.25, -0.2) is 12.8 Å². The number of aliphatic hydroxyl groups excluding tert-OH is 1. The molecule has 0 radical (unpaired) electrons. The minimum atomic E-state index is -3.54. The maximum Gasteiger partial charge on any atom is 0.194 e. The van der Waals surface area contributed by atoms with Crippen molar-refractivity contribution in [1.29, 1.82) is 0 Å². The van der Waals surface area contributed by atoms with Gasteiger partial charge in [0.15, 0.2) is 27.4 Å². The second kappa shape index (κ2) is 12.4. The summed E-state index contributed by atoms with van der Waals surface area (Å²) in [5.74, 6) is -0.193. The molecule has 1 unspecified atom stereocenters. The van der Waals surface area contributed by atoms with E-state index in [1.54, 1.807) is 35.5 Å². The summed E-state index contributed by atoms with van der Waals surface area (Å²) in [4.78, 5) is 6.10. The number of sulfone groups is 1. The third-order valence-electron chi connectivity index (χ3n) is 4.00. The summed E-state index contributed by atoms with van der Waals surface area (Å²) in [6.45, 7) is 2.78. The minimum absolute atomic E-state index is 0. The molecule has 0 saturated carbocycles. The number of benzene rings is 1. The van der Waals surface area contributed by atoms with Crippen molar-refractivity contribution in [2.24, 2.45) is 4.99 Å². The Hall–Kier alpha value is -1.44. The van der Waals surface area contributed by atoms with Crippen LogP contribution in [0.4, 0.5) is 4.39 Å². The lowest BCUT2D eigenvalue weighted by molar-refractivity contribution is 0.205. The summed E-state index contributed by atoms with van der Waals surface area (Å²) in [7, 11) is -0.362. The molecule has 0 saturated heterocycles. The number of aliphatic imine (C=N–C) groups is 1. The average molecular weight is 571 g/mol. The second-order valence-corrected chi connectivity index (χ2v) is 9.60. The Morgan fingerprint density at radius 1 is 1.40 bits per heavy atom. The molecule has 7 nitrogen and oxygen atoms in total. The Morgan fingerprint density at radius 2 is 2.13 bits per heavy atom. The van der Waals surface area contributed by atoms with E-state index in [0.717, 1.165) is 16.9 Å². The Bertz CT molecular complexity index is 924.